The highest BCUT2D eigenvalue weighted by Crippen LogP contribution is 2.52. The maximum atomic E-state index is 5.78. The second-order valence-electron chi connectivity index (χ2n) is 7.98. The Morgan fingerprint density at radius 2 is 1.48 bits per heavy atom. The molecule has 2 aromatic carbocycles. The van der Waals surface area contributed by atoms with Crippen molar-refractivity contribution in [3.8, 4) is 28.7 Å². The molecule has 0 bridgehead atoms. The molecule has 4 rings (SSSR count). The summed E-state index contributed by atoms with van der Waals surface area (Å²) in [6.45, 7) is 1.92. The van der Waals surface area contributed by atoms with E-state index in [0.29, 0.717) is 11.8 Å². The van der Waals surface area contributed by atoms with E-state index in [1.165, 1.54) is 22.3 Å². The molecule has 0 amide bonds. The lowest BCUT2D eigenvalue weighted by molar-refractivity contribution is -0.956. The highest BCUT2D eigenvalue weighted by atomic mass is 16.5. The highest BCUT2D eigenvalue weighted by molar-refractivity contribution is 5.61. The van der Waals surface area contributed by atoms with E-state index in [-0.39, 0.29) is 0 Å². The van der Waals surface area contributed by atoms with Gasteiger partial charge in [0.15, 0.2) is 23.0 Å². The summed E-state index contributed by atoms with van der Waals surface area (Å²) in [5, 5.41) is 0. The number of ether oxygens (including phenoxy) is 5. The van der Waals surface area contributed by atoms with Crippen LogP contribution in [-0.4, -0.2) is 53.6 Å². The van der Waals surface area contributed by atoms with Gasteiger partial charge in [-0.3, -0.25) is 0 Å². The molecule has 0 spiro atoms. The van der Waals surface area contributed by atoms with Gasteiger partial charge in [0.05, 0.1) is 54.7 Å². The molecule has 6 heteroatoms. The first-order chi connectivity index (χ1) is 14.0. The Hall–Kier alpha value is -2.60. The van der Waals surface area contributed by atoms with Gasteiger partial charge in [-0.25, -0.2) is 0 Å². The molecule has 0 fully saturated rings. The van der Waals surface area contributed by atoms with E-state index in [1.54, 1.807) is 35.5 Å². The van der Waals surface area contributed by atoms with Crippen LogP contribution in [0.2, 0.25) is 0 Å². The summed E-state index contributed by atoms with van der Waals surface area (Å²) in [6.07, 6.45) is 1.85. The smallest absolute Gasteiger partial charge is 0.203 e. The van der Waals surface area contributed by atoms with E-state index in [0.717, 1.165) is 53.4 Å². The number of nitrogens with zero attached hydrogens (tertiary/aromatic N) is 1. The number of benzene rings is 2. The van der Waals surface area contributed by atoms with Gasteiger partial charge in [0.1, 0.15) is 12.6 Å². The van der Waals surface area contributed by atoms with E-state index >= 15 is 0 Å². The van der Waals surface area contributed by atoms with Crippen molar-refractivity contribution in [1.82, 2.24) is 0 Å². The molecule has 156 valence electrons. The van der Waals surface area contributed by atoms with Crippen LogP contribution in [-0.2, 0) is 19.4 Å². The molecule has 0 unspecified atom stereocenters. The molecule has 2 heterocycles. The predicted molar refractivity (Wildman–Crippen MR) is 111 cm³/mol. The molecular formula is C23H30NO5+. The highest BCUT2D eigenvalue weighted by Gasteiger charge is 2.46. The summed E-state index contributed by atoms with van der Waals surface area (Å²) in [7, 11) is 10.8. The average molecular weight is 400 g/mol. The molecule has 2 aliphatic heterocycles. The van der Waals surface area contributed by atoms with Gasteiger partial charge in [0.2, 0.25) is 5.75 Å². The third-order valence-corrected chi connectivity index (χ3v) is 6.63. The molecule has 0 radical (unpaired) electrons. The lowest BCUT2D eigenvalue weighted by Gasteiger charge is -2.49. The van der Waals surface area contributed by atoms with Crippen LogP contribution in [0.1, 0.15) is 28.3 Å². The molecule has 29 heavy (non-hydrogen) atoms. The first-order valence-electron chi connectivity index (χ1n) is 9.90. The van der Waals surface area contributed by atoms with E-state index in [4.69, 9.17) is 23.7 Å². The molecule has 0 aromatic heterocycles. The van der Waals surface area contributed by atoms with E-state index in [1.807, 2.05) is 6.07 Å². The zero-order chi connectivity index (χ0) is 20.8. The third kappa shape index (κ3) is 2.89. The van der Waals surface area contributed by atoms with Crippen molar-refractivity contribution in [2.45, 2.75) is 25.4 Å². The van der Waals surface area contributed by atoms with Crippen LogP contribution in [0.5, 0.6) is 28.7 Å². The lowest BCUT2D eigenvalue weighted by atomic mass is 9.81. The van der Waals surface area contributed by atoms with Gasteiger partial charge in [0.25, 0.3) is 0 Å². The Morgan fingerprint density at radius 1 is 0.793 bits per heavy atom. The maximum Gasteiger partial charge on any atom is 0.203 e. The molecule has 0 saturated carbocycles. The molecule has 6 nitrogen and oxygen atoms in total. The van der Waals surface area contributed by atoms with Crippen molar-refractivity contribution in [3.63, 3.8) is 0 Å². The number of hydrogen-bond donors (Lipinski definition) is 0. The summed E-state index contributed by atoms with van der Waals surface area (Å²) in [6, 6.07) is 6.64. The normalized spacial score (nSPS) is 22.1. The van der Waals surface area contributed by atoms with Crippen molar-refractivity contribution in [2.24, 2.45) is 0 Å². The van der Waals surface area contributed by atoms with Crippen LogP contribution in [0, 0.1) is 0 Å². The van der Waals surface area contributed by atoms with Crippen LogP contribution in [0.3, 0.4) is 0 Å². The van der Waals surface area contributed by atoms with Crippen LogP contribution < -0.4 is 23.7 Å². The zero-order valence-corrected chi connectivity index (χ0v) is 18.1. The molecule has 2 aliphatic rings. The fourth-order valence-corrected chi connectivity index (χ4v) is 5.13. The molecule has 0 saturated heterocycles. The molecule has 2 aromatic rings. The number of methoxy groups -OCH3 is 5. The van der Waals surface area contributed by atoms with Crippen molar-refractivity contribution >= 4 is 0 Å². The molecular weight excluding hydrogens is 370 g/mol. The molecule has 0 N–H and O–H groups in total. The second-order valence-corrected chi connectivity index (χ2v) is 7.98. The Labute approximate surface area is 172 Å². The van der Waals surface area contributed by atoms with Crippen LogP contribution in [0.25, 0.3) is 0 Å². The largest absolute Gasteiger partial charge is 0.493 e. The minimum absolute atomic E-state index is 0.318. The Morgan fingerprint density at radius 3 is 2.10 bits per heavy atom. The Bertz CT molecular complexity index is 942. The first-order valence-corrected chi connectivity index (χ1v) is 9.90. The number of rotatable bonds is 5. The fourth-order valence-electron chi connectivity index (χ4n) is 5.13. The summed E-state index contributed by atoms with van der Waals surface area (Å²) in [5.41, 5.74) is 5.08. The quantitative estimate of drug-likeness (QED) is 0.719. The van der Waals surface area contributed by atoms with Gasteiger partial charge < -0.3 is 28.2 Å². The summed E-state index contributed by atoms with van der Waals surface area (Å²) < 4.78 is 29.2. The van der Waals surface area contributed by atoms with E-state index in [9.17, 15) is 0 Å². The zero-order valence-electron chi connectivity index (χ0n) is 18.1. The third-order valence-electron chi connectivity index (χ3n) is 6.63. The van der Waals surface area contributed by atoms with Crippen LogP contribution >= 0.6 is 0 Å². The minimum Gasteiger partial charge on any atom is -0.493 e. The van der Waals surface area contributed by atoms with Gasteiger partial charge in [-0.2, -0.15) is 0 Å². The average Bonchev–Trinajstić information content (AvgIpc) is 2.74. The Kier molecular flexibility index (Phi) is 4.99. The van der Waals surface area contributed by atoms with E-state index < -0.39 is 0 Å². The van der Waals surface area contributed by atoms with Crippen molar-refractivity contribution < 1.29 is 28.2 Å². The summed E-state index contributed by atoms with van der Waals surface area (Å²) in [4.78, 5) is 0. The summed E-state index contributed by atoms with van der Waals surface area (Å²) in [5.74, 6) is 3.84. The van der Waals surface area contributed by atoms with Gasteiger partial charge in [-0.05, 0) is 17.7 Å². The maximum absolute atomic E-state index is 5.78. The standard InChI is InChI=1S/C23H30NO5/c1-24-10-9-15-16(12-20(26-3)23(29-6)22(15)28-5)18(24)11-14-7-8-19(25-2)21(27-4)17(14)13-24/h7-8,12,18H,9-11,13H2,1-6H3/q+1/t18-,24-/m1/s1. The second kappa shape index (κ2) is 7.34. The van der Waals surface area contributed by atoms with Crippen molar-refractivity contribution in [2.75, 3.05) is 49.1 Å². The number of quaternary nitrogens is 1. The Balaban J connectivity index is 1.87. The topological polar surface area (TPSA) is 46.2 Å². The SMILES string of the molecule is COc1ccc2c(c1OC)C[N@@+]1(C)CCc3c(cc(OC)c(OC)c3OC)[C@H]1C2. The van der Waals surface area contributed by atoms with Gasteiger partial charge in [-0.1, -0.05) is 6.07 Å². The number of hydrogen-bond acceptors (Lipinski definition) is 5. The monoisotopic (exact) mass is 400 g/mol. The lowest BCUT2D eigenvalue weighted by Crippen LogP contribution is -2.53. The first kappa shape index (κ1) is 19.7. The van der Waals surface area contributed by atoms with Crippen molar-refractivity contribution in [1.29, 1.82) is 0 Å². The van der Waals surface area contributed by atoms with Crippen LogP contribution in [0.15, 0.2) is 18.2 Å². The summed E-state index contributed by atoms with van der Waals surface area (Å²) >= 11 is 0. The van der Waals surface area contributed by atoms with Gasteiger partial charge in [-0.15, -0.1) is 0 Å². The van der Waals surface area contributed by atoms with Crippen LogP contribution in [0.4, 0.5) is 0 Å². The number of likely N-dealkylation sites (N-methyl/N-ethyl adjacent to an activating group) is 1. The molecule has 0 aliphatic carbocycles. The number of fused-ring (bicyclic) bond motifs is 4. The van der Waals surface area contributed by atoms with Gasteiger partial charge in [0, 0.05) is 24.0 Å². The minimum atomic E-state index is 0.318. The fraction of sp³-hybridized carbons (Fsp3) is 0.478. The van der Waals surface area contributed by atoms with Crippen molar-refractivity contribution in [3.05, 3.63) is 40.5 Å². The molecule has 2 atom stereocenters. The predicted octanol–water partition coefficient (Wildman–Crippen LogP) is 3.53. The van der Waals surface area contributed by atoms with E-state index in [2.05, 4.69) is 19.2 Å². The van der Waals surface area contributed by atoms with Gasteiger partial charge >= 0.3 is 0 Å².